The van der Waals surface area contributed by atoms with Crippen LogP contribution in [0.4, 0.5) is 11.4 Å². The molecule has 7 nitrogen and oxygen atoms in total. The number of aliphatic hydroxyl groups is 1. The predicted molar refractivity (Wildman–Crippen MR) is 121 cm³/mol. The zero-order chi connectivity index (χ0) is 21.8. The van der Waals surface area contributed by atoms with Gasteiger partial charge in [-0.2, -0.15) is 0 Å². The van der Waals surface area contributed by atoms with Crippen LogP contribution in [0.25, 0.3) is 15.7 Å². The Morgan fingerprint density at radius 3 is 2.74 bits per heavy atom. The molecule has 1 fully saturated rings. The molecule has 1 saturated heterocycles. The maximum atomic E-state index is 10.3. The first-order chi connectivity index (χ1) is 15.0. The molecule has 0 amide bonds. The fourth-order valence-electron chi connectivity index (χ4n) is 3.63. The fourth-order valence-corrected chi connectivity index (χ4v) is 3.80. The van der Waals surface area contributed by atoms with Crippen molar-refractivity contribution in [2.24, 2.45) is 0 Å². The van der Waals surface area contributed by atoms with Crippen LogP contribution < -0.4 is 15.2 Å². The van der Waals surface area contributed by atoms with Crippen LogP contribution in [0.2, 0.25) is 5.02 Å². The Kier molecular flexibility index (Phi) is 6.42. The van der Waals surface area contributed by atoms with Gasteiger partial charge in [-0.15, -0.1) is 0 Å². The molecule has 1 aliphatic heterocycles. The van der Waals surface area contributed by atoms with Gasteiger partial charge in [-0.25, -0.2) is 4.85 Å². The number of hydrogen-bond acceptors (Lipinski definition) is 6. The molecule has 0 saturated carbocycles. The average Bonchev–Trinajstić information content (AvgIpc) is 3.27. The average molecular weight is 439 g/mol. The van der Waals surface area contributed by atoms with Gasteiger partial charge in [0.1, 0.15) is 30.0 Å². The molecular weight excluding hydrogens is 416 g/mol. The maximum Gasteiger partial charge on any atom is 0.229 e. The van der Waals surface area contributed by atoms with Gasteiger partial charge in [-0.1, -0.05) is 11.6 Å². The fraction of sp³-hybridized carbons (Fsp3) is 0.304. The predicted octanol–water partition coefficient (Wildman–Crippen LogP) is 4.65. The van der Waals surface area contributed by atoms with Crippen molar-refractivity contribution in [2.45, 2.75) is 18.9 Å². The van der Waals surface area contributed by atoms with Crippen molar-refractivity contribution in [3.05, 3.63) is 59.0 Å². The molecule has 1 aliphatic rings. The second kappa shape index (κ2) is 9.40. The number of hydrogen-bond donors (Lipinski definition) is 2. The van der Waals surface area contributed by atoms with Gasteiger partial charge in [-0.05, 0) is 56.3 Å². The van der Waals surface area contributed by atoms with Crippen molar-refractivity contribution in [1.82, 2.24) is 9.88 Å². The van der Waals surface area contributed by atoms with Crippen molar-refractivity contribution in [3.63, 3.8) is 0 Å². The van der Waals surface area contributed by atoms with Crippen LogP contribution in [-0.2, 0) is 0 Å². The van der Waals surface area contributed by atoms with E-state index in [-0.39, 0.29) is 6.61 Å². The Morgan fingerprint density at radius 1 is 1.19 bits per heavy atom. The summed E-state index contributed by atoms with van der Waals surface area (Å²) in [6.07, 6.45) is 3.34. The minimum atomic E-state index is -0.620. The summed E-state index contributed by atoms with van der Waals surface area (Å²) in [5.74, 6) is 1.46. The van der Waals surface area contributed by atoms with E-state index in [0.29, 0.717) is 51.1 Å². The number of aromatic nitrogens is 1. The van der Waals surface area contributed by atoms with E-state index in [9.17, 15) is 5.11 Å². The molecule has 31 heavy (non-hydrogen) atoms. The van der Waals surface area contributed by atoms with Gasteiger partial charge >= 0.3 is 0 Å². The van der Waals surface area contributed by atoms with Crippen molar-refractivity contribution >= 4 is 33.9 Å². The lowest BCUT2D eigenvalue weighted by atomic mass is 10.1. The monoisotopic (exact) mass is 438 g/mol. The van der Waals surface area contributed by atoms with Crippen LogP contribution in [0.5, 0.6) is 17.2 Å². The van der Waals surface area contributed by atoms with E-state index in [1.54, 1.807) is 42.6 Å². The molecule has 0 bridgehead atoms. The van der Waals surface area contributed by atoms with Gasteiger partial charge in [0.2, 0.25) is 5.69 Å². The first kappa shape index (κ1) is 21.2. The van der Waals surface area contributed by atoms with Gasteiger partial charge in [-0.3, -0.25) is 4.98 Å². The smallest absolute Gasteiger partial charge is 0.229 e. The number of nitrogens with zero attached hydrogens (tertiary/aromatic N) is 3. The summed E-state index contributed by atoms with van der Waals surface area (Å²) in [7, 11) is 0. The lowest BCUT2D eigenvalue weighted by molar-refractivity contribution is 0.0762. The summed E-state index contributed by atoms with van der Waals surface area (Å²) in [6.45, 7) is 10.3. The number of aliphatic hydroxyl groups excluding tert-OH is 1. The number of nitrogen functional groups attached to an aromatic ring is 1. The molecule has 0 spiro atoms. The summed E-state index contributed by atoms with van der Waals surface area (Å²) >= 11 is 6.08. The number of anilines is 1. The van der Waals surface area contributed by atoms with E-state index >= 15 is 0 Å². The first-order valence-electron chi connectivity index (χ1n) is 10.1. The standard InChI is InChI=1S/C23H23ClN4O3/c1-26-21-11-17-20(12-23(21)30-14-15(29)13-28-8-2-3-9-28)27-7-6-22(17)31-16-4-5-19(25)18(24)10-16/h4-7,10-12,15,29H,2-3,8-9,13-14,25H2/t15-/m0/s1. The minimum absolute atomic E-state index is 0.116. The third-order valence-electron chi connectivity index (χ3n) is 5.20. The molecule has 3 N–H and O–H groups in total. The number of rotatable bonds is 7. The number of pyridine rings is 1. The molecule has 0 unspecified atom stereocenters. The van der Waals surface area contributed by atoms with Crippen LogP contribution in [0.3, 0.4) is 0 Å². The highest BCUT2D eigenvalue weighted by Gasteiger charge is 2.17. The van der Waals surface area contributed by atoms with Gasteiger partial charge in [0.15, 0.2) is 0 Å². The van der Waals surface area contributed by atoms with Gasteiger partial charge in [0.05, 0.1) is 22.8 Å². The normalized spacial score (nSPS) is 15.0. The number of β-amino-alcohol motifs (C(OH)–C–C–N with tert-alkyl or cyclic N) is 1. The highest BCUT2D eigenvalue weighted by Crippen LogP contribution is 2.38. The Bertz CT molecular complexity index is 1130. The van der Waals surface area contributed by atoms with E-state index < -0.39 is 6.10 Å². The zero-order valence-corrected chi connectivity index (χ0v) is 17.7. The highest BCUT2D eigenvalue weighted by atomic mass is 35.5. The van der Waals surface area contributed by atoms with E-state index in [4.69, 9.17) is 33.4 Å². The Morgan fingerprint density at radius 2 is 2.00 bits per heavy atom. The van der Waals surface area contributed by atoms with E-state index in [0.717, 1.165) is 13.1 Å². The summed E-state index contributed by atoms with van der Waals surface area (Å²) < 4.78 is 11.8. The molecule has 4 rings (SSSR count). The van der Waals surface area contributed by atoms with Crippen molar-refractivity contribution in [1.29, 1.82) is 0 Å². The van der Waals surface area contributed by atoms with Crippen molar-refractivity contribution in [2.75, 3.05) is 32.0 Å². The van der Waals surface area contributed by atoms with Gasteiger partial charge in [0.25, 0.3) is 0 Å². The number of nitrogens with two attached hydrogens (primary N) is 1. The number of benzene rings is 2. The molecule has 3 aromatic rings. The second-order valence-corrected chi connectivity index (χ2v) is 7.92. The summed E-state index contributed by atoms with van der Waals surface area (Å²) in [6, 6.07) is 10.1. The Balaban J connectivity index is 1.54. The number of halogens is 1. The second-order valence-electron chi connectivity index (χ2n) is 7.52. The molecule has 8 heteroatoms. The first-order valence-corrected chi connectivity index (χ1v) is 10.5. The molecular formula is C23H23ClN4O3. The number of fused-ring (bicyclic) bond motifs is 1. The third-order valence-corrected chi connectivity index (χ3v) is 5.53. The minimum Gasteiger partial charge on any atom is -0.502 e. The van der Waals surface area contributed by atoms with Crippen LogP contribution in [0, 0.1) is 6.57 Å². The molecule has 1 aromatic heterocycles. The molecule has 2 aromatic carbocycles. The lowest BCUT2D eigenvalue weighted by Crippen LogP contribution is -2.33. The van der Waals surface area contributed by atoms with Crippen LogP contribution in [-0.4, -0.2) is 47.3 Å². The number of ether oxygens (including phenoxy) is 2. The molecule has 1 atom stereocenters. The van der Waals surface area contributed by atoms with Crippen molar-refractivity contribution in [3.8, 4) is 17.2 Å². The summed E-state index contributed by atoms with van der Waals surface area (Å²) in [5.41, 5.74) is 7.18. The summed E-state index contributed by atoms with van der Waals surface area (Å²) in [4.78, 5) is 10.2. The van der Waals surface area contributed by atoms with Crippen molar-refractivity contribution < 1.29 is 14.6 Å². The van der Waals surface area contributed by atoms with E-state index in [2.05, 4.69) is 14.7 Å². The lowest BCUT2D eigenvalue weighted by Gasteiger charge is -2.20. The maximum absolute atomic E-state index is 10.3. The molecule has 2 heterocycles. The van der Waals surface area contributed by atoms with E-state index in [1.165, 1.54) is 12.8 Å². The number of likely N-dealkylation sites (tertiary alicyclic amines) is 1. The van der Waals surface area contributed by atoms with Crippen LogP contribution in [0.1, 0.15) is 12.8 Å². The Hall–Kier alpha value is -3.05. The van der Waals surface area contributed by atoms with Gasteiger partial charge < -0.3 is 25.2 Å². The largest absolute Gasteiger partial charge is 0.502 e. The SMILES string of the molecule is [C-]#[N+]c1cc2c(Oc3ccc(N)c(Cl)c3)ccnc2cc1OC[C@@H](O)CN1CCCC1. The molecule has 0 aliphatic carbocycles. The highest BCUT2D eigenvalue weighted by molar-refractivity contribution is 6.33. The van der Waals surface area contributed by atoms with Gasteiger partial charge in [0, 0.05) is 24.2 Å². The molecule has 160 valence electrons. The summed E-state index contributed by atoms with van der Waals surface area (Å²) in [5, 5.41) is 11.4. The Labute approximate surface area is 185 Å². The van der Waals surface area contributed by atoms with Crippen LogP contribution >= 0.6 is 11.6 Å². The topological polar surface area (TPSA) is 85.2 Å². The molecule has 0 radical (unpaired) electrons. The quantitative estimate of drug-likeness (QED) is 0.412. The van der Waals surface area contributed by atoms with Crippen LogP contribution in [0.15, 0.2) is 42.6 Å². The third kappa shape index (κ3) is 5.00. The van der Waals surface area contributed by atoms with E-state index in [1.807, 2.05) is 0 Å². The zero-order valence-electron chi connectivity index (χ0n) is 16.9.